The molecule has 2 heterocycles. The topological polar surface area (TPSA) is 54.8 Å². The number of amides is 1. The van der Waals surface area contributed by atoms with Gasteiger partial charge < -0.3 is 4.74 Å². The van der Waals surface area contributed by atoms with Crippen LogP contribution < -0.4 is 4.74 Å². The Morgan fingerprint density at radius 2 is 1.97 bits per heavy atom. The van der Waals surface area contributed by atoms with E-state index < -0.39 is 0 Å². The Hall–Kier alpha value is -2.92. The number of nitrogens with zero attached hydrogens (tertiary/aromatic N) is 3. The number of pyridine rings is 1. The smallest absolute Gasteiger partial charge is 0.240 e. The van der Waals surface area contributed by atoms with Crippen LogP contribution in [0.25, 0.3) is 10.9 Å². The van der Waals surface area contributed by atoms with E-state index in [-0.39, 0.29) is 11.9 Å². The number of fused-ring (bicyclic) bond motifs is 1. The normalized spacial score (nSPS) is 16.2. The molecule has 0 bridgehead atoms. The minimum absolute atomic E-state index is 0.128. The van der Waals surface area contributed by atoms with Crippen LogP contribution in [-0.2, 0) is 4.79 Å². The van der Waals surface area contributed by atoms with Crippen LogP contribution in [0.4, 0.5) is 0 Å². The molecule has 3 aromatic rings. The highest BCUT2D eigenvalue weighted by Gasteiger charge is 2.33. The number of carbonyl (C=O) groups excluding carboxylic acids is 1. The molecule has 1 amide bonds. The van der Waals surface area contributed by atoms with Crippen LogP contribution in [0.5, 0.6) is 5.75 Å². The van der Waals surface area contributed by atoms with Crippen molar-refractivity contribution >= 4 is 34.1 Å². The van der Waals surface area contributed by atoms with Gasteiger partial charge in [-0.2, -0.15) is 5.10 Å². The van der Waals surface area contributed by atoms with Gasteiger partial charge in [0.05, 0.1) is 23.9 Å². The molecule has 1 aromatic heterocycles. The fourth-order valence-electron chi connectivity index (χ4n) is 3.60. The molecule has 148 valence electrons. The van der Waals surface area contributed by atoms with Crippen LogP contribution >= 0.6 is 11.6 Å². The molecule has 1 aliphatic heterocycles. The highest BCUT2D eigenvalue weighted by atomic mass is 35.5. The summed E-state index contributed by atoms with van der Waals surface area (Å²) in [5, 5.41) is 7.42. The number of hydrogen-bond acceptors (Lipinski definition) is 4. The zero-order chi connectivity index (χ0) is 20.5. The van der Waals surface area contributed by atoms with E-state index in [0.29, 0.717) is 18.2 Å². The maximum absolute atomic E-state index is 12.3. The molecule has 1 atom stereocenters. The molecule has 0 saturated carbocycles. The summed E-state index contributed by atoms with van der Waals surface area (Å²) in [6.45, 7) is 6.10. The summed E-state index contributed by atoms with van der Waals surface area (Å²) in [5.41, 5.74) is 4.62. The van der Waals surface area contributed by atoms with Crippen LogP contribution in [0.3, 0.4) is 0 Å². The Balaban J connectivity index is 1.74. The van der Waals surface area contributed by atoms with Gasteiger partial charge in [0.25, 0.3) is 0 Å². The third kappa shape index (κ3) is 3.83. The van der Waals surface area contributed by atoms with Crippen molar-refractivity contribution in [1.82, 2.24) is 9.99 Å². The van der Waals surface area contributed by atoms with E-state index in [2.05, 4.69) is 10.1 Å². The van der Waals surface area contributed by atoms with E-state index in [9.17, 15) is 4.79 Å². The summed E-state index contributed by atoms with van der Waals surface area (Å²) in [6.07, 6.45) is 0.584. The minimum atomic E-state index is -0.288. The third-order valence-corrected chi connectivity index (χ3v) is 5.36. The molecule has 2 aromatic carbocycles. The van der Waals surface area contributed by atoms with Crippen molar-refractivity contribution in [3.63, 3.8) is 0 Å². The minimum Gasteiger partial charge on any atom is -0.494 e. The molecule has 0 fully saturated rings. The van der Waals surface area contributed by atoms with Crippen molar-refractivity contribution in [3.8, 4) is 5.75 Å². The van der Waals surface area contributed by atoms with E-state index in [1.54, 1.807) is 0 Å². The van der Waals surface area contributed by atoms with E-state index >= 15 is 0 Å². The van der Waals surface area contributed by atoms with Gasteiger partial charge in [0, 0.05) is 24.3 Å². The number of aryl methyl sites for hydroxylation is 1. The van der Waals surface area contributed by atoms with Gasteiger partial charge >= 0.3 is 0 Å². The second-order valence-corrected chi connectivity index (χ2v) is 7.51. The maximum atomic E-state index is 12.3. The predicted molar refractivity (Wildman–Crippen MR) is 116 cm³/mol. The molecule has 0 aliphatic carbocycles. The number of hydrazone groups is 1. The van der Waals surface area contributed by atoms with Crippen molar-refractivity contribution in [2.75, 3.05) is 6.61 Å². The molecule has 0 spiro atoms. The summed E-state index contributed by atoms with van der Waals surface area (Å²) in [6, 6.07) is 15.6. The molecule has 29 heavy (non-hydrogen) atoms. The summed E-state index contributed by atoms with van der Waals surface area (Å²) in [7, 11) is 0. The molecule has 0 unspecified atom stereocenters. The summed E-state index contributed by atoms with van der Waals surface area (Å²) < 4.78 is 5.61. The molecular weight excluding hydrogens is 386 g/mol. The Labute approximate surface area is 175 Å². The van der Waals surface area contributed by atoms with E-state index in [1.165, 1.54) is 17.5 Å². The fraction of sp³-hybridized carbons (Fsp3) is 0.261. The Kier molecular flexibility index (Phi) is 5.24. The first-order valence-electron chi connectivity index (χ1n) is 9.63. The van der Waals surface area contributed by atoms with Crippen LogP contribution in [0.1, 0.15) is 43.0 Å². The highest BCUT2D eigenvalue weighted by Crippen LogP contribution is 2.37. The van der Waals surface area contributed by atoms with E-state index in [1.807, 2.05) is 62.4 Å². The lowest BCUT2D eigenvalue weighted by atomic mass is 9.98. The van der Waals surface area contributed by atoms with Crippen LogP contribution in [0.2, 0.25) is 5.15 Å². The van der Waals surface area contributed by atoms with Crippen LogP contribution in [-0.4, -0.2) is 28.2 Å². The molecule has 0 N–H and O–H groups in total. The number of halogens is 1. The van der Waals surface area contributed by atoms with Gasteiger partial charge in [0.2, 0.25) is 5.91 Å². The van der Waals surface area contributed by atoms with Gasteiger partial charge in [-0.3, -0.25) is 4.79 Å². The Bertz CT molecular complexity index is 1110. The molecule has 0 radical (unpaired) electrons. The standard InChI is InChI=1S/C23H22ClN3O2/c1-4-29-18-9-10-20-17(11-18)12-19(23(24)25-20)22-13-21(26-27(22)15(3)28)16-7-5-14(2)6-8-16/h5-12,22H,4,13H2,1-3H3/t22-/m1/s1. The fourth-order valence-corrected chi connectivity index (χ4v) is 3.87. The van der Waals surface area contributed by atoms with Crippen molar-refractivity contribution in [2.45, 2.75) is 33.2 Å². The number of benzene rings is 2. The molecule has 5 nitrogen and oxygen atoms in total. The van der Waals surface area contributed by atoms with Crippen molar-refractivity contribution < 1.29 is 9.53 Å². The summed E-state index contributed by atoms with van der Waals surface area (Å²) >= 11 is 6.54. The number of hydrogen-bond donors (Lipinski definition) is 0. The number of aromatic nitrogens is 1. The molecule has 6 heteroatoms. The molecular formula is C23H22ClN3O2. The van der Waals surface area contributed by atoms with Gasteiger partial charge in [-0.05, 0) is 43.7 Å². The second-order valence-electron chi connectivity index (χ2n) is 7.15. The van der Waals surface area contributed by atoms with Crippen LogP contribution in [0, 0.1) is 6.92 Å². The van der Waals surface area contributed by atoms with Gasteiger partial charge in [0.15, 0.2) is 0 Å². The van der Waals surface area contributed by atoms with E-state index in [4.69, 9.17) is 16.3 Å². The van der Waals surface area contributed by atoms with Crippen molar-refractivity contribution in [3.05, 3.63) is 70.4 Å². The summed E-state index contributed by atoms with van der Waals surface area (Å²) in [5.74, 6) is 0.651. The van der Waals surface area contributed by atoms with Gasteiger partial charge in [0.1, 0.15) is 10.9 Å². The first-order chi connectivity index (χ1) is 14.0. The Morgan fingerprint density at radius 1 is 1.21 bits per heavy atom. The average molecular weight is 408 g/mol. The zero-order valence-electron chi connectivity index (χ0n) is 16.6. The van der Waals surface area contributed by atoms with Crippen molar-refractivity contribution in [1.29, 1.82) is 0 Å². The SMILES string of the molecule is CCOc1ccc2nc(Cl)c([C@H]3CC(c4ccc(C)cc4)=NN3C(C)=O)cc2c1. The monoisotopic (exact) mass is 407 g/mol. The quantitative estimate of drug-likeness (QED) is 0.552. The van der Waals surface area contributed by atoms with Gasteiger partial charge in [-0.1, -0.05) is 41.4 Å². The largest absolute Gasteiger partial charge is 0.494 e. The third-order valence-electron chi connectivity index (χ3n) is 5.05. The average Bonchev–Trinajstić information content (AvgIpc) is 3.14. The first-order valence-corrected chi connectivity index (χ1v) is 10.0. The second kappa shape index (κ2) is 7.84. The van der Waals surface area contributed by atoms with Gasteiger partial charge in [-0.25, -0.2) is 9.99 Å². The van der Waals surface area contributed by atoms with Crippen molar-refractivity contribution in [2.24, 2.45) is 5.10 Å². The van der Waals surface area contributed by atoms with E-state index in [0.717, 1.165) is 33.5 Å². The molecule has 0 saturated heterocycles. The predicted octanol–water partition coefficient (Wildman–Crippen LogP) is 5.29. The zero-order valence-corrected chi connectivity index (χ0v) is 17.4. The number of carbonyl (C=O) groups is 1. The highest BCUT2D eigenvalue weighted by molar-refractivity contribution is 6.30. The lowest BCUT2D eigenvalue weighted by Gasteiger charge is -2.21. The maximum Gasteiger partial charge on any atom is 0.240 e. The summed E-state index contributed by atoms with van der Waals surface area (Å²) in [4.78, 5) is 16.9. The van der Waals surface area contributed by atoms with Crippen LogP contribution in [0.15, 0.2) is 53.6 Å². The lowest BCUT2D eigenvalue weighted by Crippen LogP contribution is -2.24. The first kappa shape index (κ1) is 19.4. The van der Waals surface area contributed by atoms with Gasteiger partial charge in [-0.15, -0.1) is 0 Å². The Morgan fingerprint density at radius 3 is 2.66 bits per heavy atom. The number of rotatable bonds is 4. The number of ether oxygens (including phenoxy) is 1. The molecule has 4 rings (SSSR count). The molecule has 1 aliphatic rings. The lowest BCUT2D eigenvalue weighted by molar-refractivity contribution is -0.130.